The second kappa shape index (κ2) is 8.24. The average Bonchev–Trinajstić information content (AvgIpc) is 2.88. The van der Waals surface area contributed by atoms with E-state index in [1.165, 1.54) is 4.31 Å². The van der Waals surface area contributed by atoms with Crippen molar-refractivity contribution in [2.24, 2.45) is 0 Å². The van der Waals surface area contributed by atoms with Gasteiger partial charge in [0.05, 0.1) is 4.90 Å². The summed E-state index contributed by atoms with van der Waals surface area (Å²) in [5.41, 5.74) is 0.886. The molecule has 5 nitrogen and oxygen atoms in total. The van der Waals surface area contributed by atoms with Crippen molar-refractivity contribution in [2.75, 3.05) is 20.1 Å². The minimum absolute atomic E-state index is 0.326. The van der Waals surface area contributed by atoms with Gasteiger partial charge in [0, 0.05) is 32.0 Å². The summed E-state index contributed by atoms with van der Waals surface area (Å²) in [6.07, 6.45) is 6.02. The smallest absolute Gasteiger partial charge is 0.244 e. The summed E-state index contributed by atoms with van der Waals surface area (Å²) < 4.78 is 26.1. The Labute approximate surface area is 122 Å². The number of sulfonamides is 1. The number of nitrogens with zero attached hydrogens (tertiary/aromatic N) is 1. The van der Waals surface area contributed by atoms with Gasteiger partial charge in [0.15, 0.2) is 0 Å². The minimum Gasteiger partial charge on any atom is -0.363 e. The number of aromatic amines is 1. The van der Waals surface area contributed by atoms with E-state index in [1.807, 2.05) is 0 Å². The molecule has 0 bridgehead atoms. The third kappa shape index (κ3) is 4.77. The zero-order chi connectivity index (χ0) is 15.0. The van der Waals surface area contributed by atoms with E-state index >= 15 is 0 Å². The second-order valence-corrected chi connectivity index (χ2v) is 6.84. The fourth-order valence-electron chi connectivity index (χ4n) is 1.83. The molecule has 0 aromatic carbocycles. The molecular weight excluding hydrogens is 274 g/mol. The van der Waals surface area contributed by atoms with Gasteiger partial charge in [-0.2, -0.15) is 0 Å². The maximum Gasteiger partial charge on any atom is 0.244 e. The van der Waals surface area contributed by atoms with Gasteiger partial charge in [-0.25, -0.2) is 12.7 Å². The molecule has 0 spiro atoms. The minimum atomic E-state index is -3.39. The normalized spacial score (nSPS) is 11.9. The monoisotopic (exact) mass is 299 g/mol. The highest BCUT2D eigenvalue weighted by Crippen LogP contribution is 2.16. The van der Waals surface area contributed by atoms with Crippen LogP contribution in [0.25, 0.3) is 0 Å². The fourth-order valence-corrected chi connectivity index (χ4v) is 3.06. The van der Waals surface area contributed by atoms with Crippen LogP contribution in [-0.4, -0.2) is 37.8 Å². The Morgan fingerprint density at radius 3 is 2.90 bits per heavy atom. The molecule has 1 aromatic heterocycles. The number of rotatable bonds is 10. The predicted molar refractivity (Wildman–Crippen MR) is 82.0 cm³/mol. The van der Waals surface area contributed by atoms with Crippen LogP contribution in [0.3, 0.4) is 0 Å². The molecule has 0 saturated carbocycles. The first-order valence-electron chi connectivity index (χ1n) is 6.97. The van der Waals surface area contributed by atoms with Crippen molar-refractivity contribution in [2.45, 2.75) is 37.6 Å². The summed E-state index contributed by atoms with van der Waals surface area (Å²) in [5, 5.41) is 3.24. The van der Waals surface area contributed by atoms with Gasteiger partial charge in [0.25, 0.3) is 0 Å². The molecule has 0 aliphatic carbocycles. The molecule has 0 aliphatic heterocycles. The van der Waals surface area contributed by atoms with Gasteiger partial charge in [-0.1, -0.05) is 13.0 Å². The standard InChI is InChI=1S/C14H25N3O2S/c1-4-6-7-9-17(3)20(18,19)14-10-13(16-12-14)11-15-8-5-2/h4,10,12,15-16H,1,5-9,11H2,2-3H3. The molecule has 0 radical (unpaired) electrons. The molecule has 1 heterocycles. The van der Waals surface area contributed by atoms with E-state index in [0.29, 0.717) is 18.0 Å². The van der Waals surface area contributed by atoms with Crippen LogP contribution < -0.4 is 5.32 Å². The number of hydrogen-bond acceptors (Lipinski definition) is 3. The molecule has 1 rings (SSSR count). The van der Waals surface area contributed by atoms with E-state index in [1.54, 1.807) is 25.4 Å². The summed E-state index contributed by atoms with van der Waals surface area (Å²) in [6.45, 7) is 7.81. The summed E-state index contributed by atoms with van der Waals surface area (Å²) in [4.78, 5) is 3.33. The first-order valence-corrected chi connectivity index (χ1v) is 8.41. The third-order valence-corrected chi connectivity index (χ3v) is 4.88. The van der Waals surface area contributed by atoms with E-state index in [9.17, 15) is 8.42 Å². The zero-order valence-electron chi connectivity index (χ0n) is 12.4. The van der Waals surface area contributed by atoms with Crippen LogP contribution >= 0.6 is 0 Å². The Hall–Kier alpha value is -1.11. The number of nitrogens with one attached hydrogen (secondary N) is 2. The Bertz CT molecular complexity index is 508. The van der Waals surface area contributed by atoms with Crippen molar-refractivity contribution in [1.29, 1.82) is 0 Å². The van der Waals surface area contributed by atoms with Crippen LogP contribution in [0, 0.1) is 0 Å². The van der Waals surface area contributed by atoms with E-state index < -0.39 is 10.0 Å². The van der Waals surface area contributed by atoms with Gasteiger partial charge in [-0.05, 0) is 31.9 Å². The van der Waals surface area contributed by atoms with Crippen LogP contribution in [0.2, 0.25) is 0 Å². The molecule has 1 aromatic rings. The fraction of sp³-hybridized carbons (Fsp3) is 0.571. The van der Waals surface area contributed by atoms with Gasteiger partial charge < -0.3 is 10.3 Å². The van der Waals surface area contributed by atoms with Crippen molar-refractivity contribution >= 4 is 10.0 Å². The van der Waals surface area contributed by atoms with Gasteiger partial charge >= 0.3 is 0 Å². The van der Waals surface area contributed by atoms with Crippen molar-refractivity contribution in [3.63, 3.8) is 0 Å². The molecule has 20 heavy (non-hydrogen) atoms. The maximum atomic E-state index is 12.3. The van der Waals surface area contributed by atoms with E-state index in [4.69, 9.17) is 0 Å². The first kappa shape index (κ1) is 16.9. The molecule has 0 saturated heterocycles. The van der Waals surface area contributed by atoms with E-state index in [2.05, 4.69) is 23.8 Å². The Morgan fingerprint density at radius 2 is 2.25 bits per heavy atom. The number of hydrogen-bond donors (Lipinski definition) is 2. The van der Waals surface area contributed by atoms with E-state index in [0.717, 1.165) is 31.5 Å². The lowest BCUT2D eigenvalue weighted by Crippen LogP contribution is -2.27. The summed E-state index contributed by atoms with van der Waals surface area (Å²) >= 11 is 0. The molecule has 0 unspecified atom stereocenters. The molecule has 0 amide bonds. The largest absolute Gasteiger partial charge is 0.363 e. The number of allylic oxidation sites excluding steroid dienone is 1. The quantitative estimate of drug-likeness (QED) is 0.513. The van der Waals surface area contributed by atoms with Crippen molar-refractivity contribution in [3.05, 3.63) is 30.6 Å². The van der Waals surface area contributed by atoms with E-state index in [-0.39, 0.29) is 0 Å². The molecule has 2 N–H and O–H groups in total. The highest BCUT2D eigenvalue weighted by Gasteiger charge is 2.21. The molecule has 114 valence electrons. The van der Waals surface area contributed by atoms with Crippen molar-refractivity contribution < 1.29 is 8.42 Å². The van der Waals surface area contributed by atoms with Crippen LogP contribution in [0.15, 0.2) is 29.8 Å². The lowest BCUT2D eigenvalue weighted by molar-refractivity contribution is 0.463. The molecule has 0 aliphatic rings. The maximum absolute atomic E-state index is 12.3. The van der Waals surface area contributed by atoms with Crippen molar-refractivity contribution in [1.82, 2.24) is 14.6 Å². The average molecular weight is 299 g/mol. The number of aromatic nitrogens is 1. The highest BCUT2D eigenvalue weighted by molar-refractivity contribution is 7.89. The first-order chi connectivity index (χ1) is 9.52. The highest BCUT2D eigenvalue weighted by atomic mass is 32.2. The predicted octanol–water partition coefficient (Wildman–Crippen LogP) is 2.10. The molecule has 6 heteroatoms. The van der Waals surface area contributed by atoms with Gasteiger partial charge in [0.2, 0.25) is 10.0 Å². The summed E-state index contributed by atoms with van der Waals surface area (Å²) in [6, 6.07) is 1.70. The van der Waals surface area contributed by atoms with Crippen LogP contribution in [0.1, 0.15) is 31.9 Å². The van der Waals surface area contributed by atoms with Gasteiger partial charge in [-0.15, -0.1) is 6.58 Å². The topological polar surface area (TPSA) is 65.2 Å². The van der Waals surface area contributed by atoms with Gasteiger partial charge in [0.1, 0.15) is 0 Å². The molecular formula is C14H25N3O2S. The lowest BCUT2D eigenvalue weighted by atomic mass is 10.3. The van der Waals surface area contributed by atoms with Crippen molar-refractivity contribution in [3.8, 4) is 0 Å². The number of H-pyrrole nitrogens is 1. The number of unbranched alkanes of at least 4 members (excludes halogenated alkanes) is 1. The molecule has 0 fully saturated rings. The van der Waals surface area contributed by atoms with Crippen LogP contribution in [-0.2, 0) is 16.6 Å². The van der Waals surface area contributed by atoms with Gasteiger partial charge in [-0.3, -0.25) is 0 Å². The Kier molecular flexibility index (Phi) is 6.98. The van der Waals surface area contributed by atoms with Crippen LogP contribution in [0.4, 0.5) is 0 Å². The zero-order valence-corrected chi connectivity index (χ0v) is 13.2. The summed E-state index contributed by atoms with van der Waals surface area (Å²) in [7, 11) is -1.78. The Balaban J connectivity index is 2.64. The summed E-state index contributed by atoms with van der Waals surface area (Å²) in [5.74, 6) is 0. The third-order valence-electron chi connectivity index (χ3n) is 3.05. The lowest BCUT2D eigenvalue weighted by Gasteiger charge is -2.15. The SMILES string of the molecule is C=CCCCN(C)S(=O)(=O)c1c[nH]c(CNCCC)c1. The Morgan fingerprint density at radius 1 is 1.50 bits per heavy atom. The van der Waals surface area contributed by atoms with Crippen LogP contribution in [0.5, 0.6) is 0 Å². The molecule has 0 atom stereocenters. The second-order valence-electron chi connectivity index (χ2n) is 4.79.